The molecule has 2 nitrogen and oxygen atoms in total. The molecule has 2 rings (SSSR count). The number of aromatic hydroxyl groups is 1. The van der Waals surface area contributed by atoms with E-state index in [1.165, 1.54) is 6.42 Å². The molecule has 1 aromatic carbocycles. The van der Waals surface area contributed by atoms with Crippen molar-refractivity contribution in [2.45, 2.75) is 51.5 Å². The van der Waals surface area contributed by atoms with Crippen molar-refractivity contribution in [1.29, 1.82) is 0 Å². The normalized spacial score (nSPS) is 20.8. The number of phenols is 1. The van der Waals surface area contributed by atoms with Crippen LogP contribution in [0.25, 0.3) is 0 Å². The van der Waals surface area contributed by atoms with Gasteiger partial charge in [0.15, 0.2) is 0 Å². The van der Waals surface area contributed by atoms with Crippen LogP contribution in [0, 0.1) is 0 Å². The van der Waals surface area contributed by atoms with E-state index in [1.807, 2.05) is 6.07 Å². The van der Waals surface area contributed by atoms with Crippen molar-refractivity contribution in [3.8, 4) is 5.75 Å². The summed E-state index contributed by atoms with van der Waals surface area (Å²) in [6.45, 7) is 7.60. The van der Waals surface area contributed by atoms with Gasteiger partial charge in [-0.05, 0) is 36.8 Å². The molecule has 1 aliphatic rings. The van der Waals surface area contributed by atoms with E-state index in [-0.39, 0.29) is 5.41 Å². The van der Waals surface area contributed by atoms with E-state index in [0.717, 1.165) is 30.5 Å². The topological polar surface area (TPSA) is 32.3 Å². The van der Waals surface area contributed by atoms with Crippen molar-refractivity contribution in [3.63, 3.8) is 0 Å². The van der Waals surface area contributed by atoms with Gasteiger partial charge >= 0.3 is 0 Å². The third-order valence-electron chi connectivity index (χ3n) is 4.12. The first kappa shape index (κ1) is 12.4. The molecule has 1 heterocycles. The highest BCUT2D eigenvalue weighted by molar-refractivity contribution is 5.46. The molecule has 2 N–H and O–H groups in total. The number of nitrogens with one attached hydrogen (secondary N) is 1. The van der Waals surface area contributed by atoms with Crippen LogP contribution in [-0.2, 0) is 5.41 Å². The minimum Gasteiger partial charge on any atom is -0.507 e. The lowest BCUT2D eigenvalue weighted by Crippen LogP contribution is -2.18. The van der Waals surface area contributed by atoms with E-state index in [4.69, 9.17) is 0 Å². The summed E-state index contributed by atoms with van der Waals surface area (Å²) >= 11 is 0. The Morgan fingerprint density at radius 3 is 2.76 bits per heavy atom. The predicted octanol–water partition coefficient (Wildman–Crippen LogP) is 3.50. The van der Waals surface area contributed by atoms with Gasteiger partial charge in [-0.2, -0.15) is 0 Å². The van der Waals surface area contributed by atoms with Crippen LogP contribution in [0.5, 0.6) is 5.75 Å². The van der Waals surface area contributed by atoms with Crippen LogP contribution in [-0.4, -0.2) is 11.7 Å². The number of para-hydroxylation sites is 1. The minimum absolute atomic E-state index is 0.0404. The van der Waals surface area contributed by atoms with E-state index in [0.29, 0.717) is 11.8 Å². The molecule has 1 aliphatic heterocycles. The summed E-state index contributed by atoms with van der Waals surface area (Å²) < 4.78 is 0. The lowest BCUT2D eigenvalue weighted by atomic mass is 9.80. The molecule has 1 aromatic rings. The fraction of sp³-hybridized carbons (Fsp3) is 0.600. The quantitative estimate of drug-likeness (QED) is 0.837. The Kier molecular flexibility index (Phi) is 3.43. The van der Waals surface area contributed by atoms with E-state index < -0.39 is 0 Å². The molecular formula is C15H23NO. The summed E-state index contributed by atoms with van der Waals surface area (Å²) in [5.41, 5.74) is 2.19. The van der Waals surface area contributed by atoms with E-state index in [1.54, 1.807) is 0 Å². The summed E-state index contributed by atoms with van der Waals surface area (Å²) in [6.07, 6.45) is 3.36. The van der Waals surface area contributed by atoms with Crippen LogP contribution in [0.3, 0.4) is 0 Å². The van der Waals surface area contributed by atoms with Crippen LogP contribution < -0.4 is 5.32 Å². The Morgan fingerprint density at radius 1 is 1.41 bits per heavy atom. The fourth-order valence-electron chi connectivity index (χ4n) is 2.53. The fourth-order valence-corrected chi connectivity index (χ4v) is 2.53. The van der Waals surface area contributed by atoms with Gasteiger partial charge in [0.05, 0.1) is 0 Å². The summed E-state index contributed by atoms with van der Waals surface area (Å²) in [5, 5.41) is 13.9. The average Bonchev–Trinajstić information content (AvgIpc) is 2.82. The molecule has 0 aromatic heterocycles. The number of benzene rings is 1. The third kappa shape index (κ3) is 2.32. The highest BCUT2D eigenvalue weighted by Gasteiger charge is 2.26. The highest BCUT2D eigenvalue weighted by Crippen LogP contribution is 2.39. The zero-order chi connectivity index (χ0) is 12.5. The summed E-state index contributed by atoms with van der Waals surface area (Å²) in [7, 11) is 0. The van der Waals surface area contributed by atoms with Crippen molar-refractivity contribution in [2.24, 2.45) is 0 Å². The lowest BCUT2D eigenvalue weighted by Gasteiger charge is -2.26. The molecule has 0 amide bonds. The second kappa shape index (κ2) is 4.69. The molecule has 17 heavy (non-hydrogen) atoms. The second-order valence-corrected chi connectivity index (χ2v) is 5.63. The lowest BCUT2D eigenvalue weighted by molar-refractivity contribution is 0.417. The molecule has 0 aliphatic carbocycles. The number of hydrogen-bond donors (Lipinski definition) is 2. The molecule has 0 spiro atoms. The largest absolute Gasteiger partial charge is 0.507 e. The Balaban J connectivity index is 2.39. The molecule has 0 radical (unpaired) electrons. The smallest absolute Gasteiger partial charge is 0.124 e. The van der Waals surface area contributed by atoms with Crippen LogP contribution in [0.15, 0.2) is 18.2 Å². The number of hydrogen-bond acceptors (Lipinski definition) is 2. The van der Waals surface area contributed by atoms with E-state index >= 15 is 0 Å². The van der Waals surface area contributed by atoms with Gasteiger partial charge in [-0.15, -0.1) is 0 Å². The Hall–Kier alpha value is -1.02. The summed E-state index contributed by atoms with van der Waals surface area (Å²) in [4.78, 5) is 0. The van der Waals surface area contributed by atoms with Crippen molar-refractivity contribution in [3.05, 3.63) is 29.3 Å². The van der Waals surface area contributed by atoms with Crippen LogP contribution in [0.4, 0.5) is 0 Å². The Morgan fingerprint density at radius 2 is 2.18 bits per heavy atom. The van der Waals surface area contributed by atoms with Crippen molar-refractivity contribution in [1.82, 2.24) is 5.32 Å². The van der Waals surface area contributed by atoms with Crippen LogP contribution in [0.1, 0.15) is 57.2 Å². The highest BCUT2D eigenvalue weighted by atomic mass is 16.3. The average molecular weight is 233 g/mol. The van der Waals surface area contributed by atoms with Gasteiger partial charge in [0, 0.05) is 11.6 Å². The molecule has 94 valence electrons. The molecule has 0 bridgehead atoms. The first-order valence-corrected chi connectivity index (χ1v) is 6.62. The minimum atomic E-state index is 0.0404. The first-order chi connectivity index (χ1) is 8.06. The Bertz CT molecular complexity index is 392. The Labute approximate surface area is 104 Å². The van der Waals surface area contributed by atoms with E-state index in [9.17, 15) is 5.11 Å². The maximum atomic E-state index is 10.5. The van der Waals surface area contributed by atoms with Crippen LogP contribution in [0.2, 0.25) is 0 Å². The van der Waals surface area contributed by atoms with Crippen molar-refractivity contribution in [2.75, 3.05) is 6.54 Å². The standard InChI is InChI=1S/C15H23NO/c1-4-15(2,3)12-8-5-7-11(14(12)17)13-9-6-10-16-13/h5,7-8,13,16-17H,4,6,9-10H2,1-3H3/t13-/m1/s1. The summed E-state index contributed by atoms with van der Waals surface area (Å²) in [5.74, 6) is 0.499. The van der Waals surface area contributed by atoms with Gasteiger partial charge in [0.2, 0.25) is 0 Å². The molecule has 0 unspecified atom stereocenters. The predicted molar refractivity (Wildman–Crippen MR) is 71.4 cm³/mol. The molecule has 1 fully saturated rings. The van der Waals surface area contributed by atoms with E-state index in [2.05, 4.69) is 38.2 Å². The maximum absolute atomic E-state index is 10.5. The molecule has 2 heteroatoms. The van der Waals surface area contributed by atoms with Gasteiger partial charge < -0.3 is 10.4 Å². The maximum Gasteiger partial charge on any atom is 0.124 e. The molecule has 1 atom stereocenters. The second-order valence-electron chi connectivity index (χ2n) is 5.63. The monoisotopic (exact) mass is 233 g/mol. The molecule has 0 saturated carbocycles. The molecular weight excluding hydrogens is 210 g/mol. The zero-order valence-corrected chi connectivity index (χ0v) is 11.1. The SMILES string of the molecule is CCC(C)(C)c1cccc([C@H]2CCCN2)c1O. The van der Waals surface area contributed by atoms with Gasteiger partial charge in [0.25, 0.3) is 0 Å². The zero-order valence-electron chi connectivity index (χ0n) is 11.1. The van der Waals surface area contributed by atoms with Crippen molar-refractivity contribution >= 4 is 0 Å². The van der Waals surface area contributed by atoms with Crippen LogP contribution >= 0.6 is 0 Å². The van der Waals surface area contributed by atoms with Gasteiger partial charge in [-0.25, -0.2) is 0 Å². The molecule has 1 saturated heterocycles. The van der Waals surface area contributed by atoms with Gasteiger partial charge in [-0.3, -0.25) is 0 Å². The number of phenolic OH excluding ortho intramolecular Hbond substituents is 1. The summed E-state index contributed by atoms with van der Waals surface area (Å²) in [6, 6.07) is 6.51. The van der Waals surface area contributed by atoms with Gasteiger partial charge in [0.1, 0.15) is 5.75 Å². The third-order valence-corrected chi connectivity index (χ3v) is 4.12. The van der Waals surface area contributed by atoms with Crippen molar-refractivity contribution < 1.29 is 5.11 Å². The number of rotatable bonds is 3. The van der Waals surface area contributed by atoms with Gasteiger partial charge in [-0.1, -0.05) is 39.0 Å². The first-order valence-electron chi connectivity index (χ1n) is 6.62.